The summed E-state index contributed by atoms with van der Waals surface area (Å²) in [6.45, 7) is 9.46. The number of aromatic amines is 2. The van der Waals surface area contributed by atoms with E-state index >= 15 is 0 Å². The molecule has 1 saturated carbocycles. The summed E-state index contributed by atoms with van der Waals surface area (Å²) in [5.74, 6) is 0.237. The van der Waals surface area contributed by atoms with E-state index in [1.165, 1.54) is 11.3 Å². The molecule has 1 amide bonds. The van der Waals surface area contributed by atoms with Crippen molar-refractivity contribution in [2.75, 3.05) is 0 Å². The van der Waals surface area contributed by atoms with E-state index in [1.54, 1.807) is 13.1 Å². The lowest BCUT2D eigenvalue weighted by atomic mass is 9.85. The van der Waals surface area contributed by atoms with Crippen molar-refractivity contribution in [3.05, 3.63) is 83.2 Å². The van der Waals surface area contributed by atoms with Crippen LogP contribution in [0, 0.1) is 5.92 Å². The van der Waals surface area contributed by atoms with Crippen LogP contribution in [0.15, 0.2) is 72.6 Å². The van der Waals surface area contributed by atoms with Crippen LogP contribution < -0.4 is 5.32 Å². The molecule has 8 nitrogen and oxygen atoms in total. The molecule has 3 N–H and O–H groups in total. The van der Waals surface area contributed by atoms with Gasteiger partial charge in [-0.15, -0.1) is 11.3 Å². The lowest BCUT2D eigenvalue weighted by Crippen LogP contribution is -2.33. The molecule has 1 fully saturated rings. The summed E-state index contributed by atoms with van der Waals surface area (Å²) in [7, 11) is 0. The zero-order valence-electron chi connectivity index (χ0n) is 23.2. The molecule has 0 bridgehead atoms. The third-order valence-electron chi connectivity index (χ3n) is 7.28. The van der Waals surface area contributed by atoms with Gasteiger partial charge in [-0.25, -0.2) is 9.97 Å². The summed E-state index contributed by atoms with van der Waals surface area (Å²) < 4.78 is 0. The Bertz CT molecular complexity index is 1900. The number of ketones is 1. The Morgan fingerprint density at radius 2 is 1.93 bits per heavy atom. The Kier molecular flexibility index (Phi) is 6.96. The molecule has 0 atom stereocenters. The molecule has 0 saturated heterocycles. The van der Waals surface area contributed by atoms with Gasteiger partial charge in [0.25, 0.3) is 0 Å². The van der Waals surface area contributed by atoms with E-state index in [-0.39, 0.29) is 17.6 Å². The topological polar surface area (TPSA) is 116 Å². The van der Waals surface area contributed by atoms with Crippen LogP contribution in [0.3, 0.4) is 0 Å². The smallest absolute Gasteiger partial charge is 0.227 e. The number of nitrogens with zero attached hydrogens (tertiary/aromatic N) is 3. The standard InChI is InChI=1S/C32H30N6O2S/c1-17(2)14-21(15-18(3)34-32(40)20-6-5-7-20)24-8-9-25-29(35-24)30(38-37-25)26-16-23-22(12-13-33-31(23)36-26)28-11-10-27(41-28)19(4)39/h8-16,20H,1,5-7H2,2-4H3,(H,33,36)(H,34,40)(H,37,38)/b18-15+,21-14+. The number of hydrogen-bond donors (Lipinski definition) is 3. The fraction of sp³-hybridized carbons (Fsp3) is 0.219. The molecule has 41 heavy (non-hydrogen) atoms. The number of carbonyl (C=O) groups excluding carboxylic acids is 2. The number of pyridine rings is 2. The van der Waals surface area contributed by atoms with Gasteiger partial charge >= 0.3 is 0 Å². The van der Waals surface area contributed by atoms with Crippen molar-refractivity contribution in [1.82, 2.24) is 30.5 Å². The van der Waals surface area contributed by atoms with E-state index in [9.17, 15) is 9.59 Å². The van der Waals surface area contributed by atoms with Crippen LogP contribution in [0.25, 0.3) is 49.5 Å². The highest BCUT2D eigenvalue weighted by Gasteiger charge is 2.25. The second kappa shape index (κ2) is 10.7. The number of carbonyl (C=O) groups is 2. The molecule has 206 valence electrons. The molecule has 5 aromatic rings. The van der Waals surface area contributed by atoms with Gasteiger partial charge in [-0.1, -0.05) is 24.6 Å². The van der Waals surface area contributed by atoms with Crippen molar-refractivity contribution in [1.29, 1.82) is 0 Å². The number of Topliss-reactive ketones (excluding diaryl/α,β-unsaturated/α-hetero) is 1. The largest absolute Gasteiger partial charge is 0.338 e. The van der Waals surface area contributed by atoms with Crippen molar-refractivity contribution in [3.63, 3.8) is 0 Å². The van der Waals surface area contributed by atoms with Gasteiger partial charge in [-0.2, -0.15) is 5.10 Å². The highest BCUT2D eigenvalue weighted by molar-refractivity contribution is 7.17. The van der Waals surface area contributed by atoms with E-state index in [0.29, 0.717) is 11.2 Å². The summed E-state index contributed by atoms with van der Waals surface area (Å²) in [4.78, 5) is 39.0. The number of aromatic nitrogens is 5. The Hall–Kier alpha value is -4.63. The molecule has 1 aliphatic carbocycles. The maximum Gasteiger partial charge on any atom is 0.227 e. The fourth-order valence-corrected chi connectivity index (χ4v) is 5.92. The Morgan fingerprint density at radius 3 is 2.63 bits per heavy atom. The van der Waals surface area contributed by atoms with Crippen LogP contribution in [0.5, 0.6) is 0 Å². The minimum atomic E-state index is 0.0528. The number of nitrogens with one attached hydrogen (secondary N) is 3. The van der Waals surface area contributed by atoms with Gasteiger partial charge in [0.1, 0.15) is 16.9 Å². The Balaban J connectivity index is 1.38. The lowest BCUT2D eigenvalue weighted by molar-refractivity contribution is -0.126. The molecular formula is C32H30N6O2S. The highest BCUT2D eigenvalue weighted by atomic mass is 32.1. The minimum Gasteiger partial charge on any atom is -0.338 e. The molecule has 5 heterocycles. The summed E-state index contributed by atoms with van der Waals surface area (Å²) in [5.41, 5.74) is 7.92. The molecule has 5 aromatic heterocycles. The first-order valence-electron chi connectivity index (χ1n) is 13.6. The summed E-state index contributed by atoms with van der Waals surface area (Å²) in [5, 5.41) is 11.7. The van der Waals surface area contributed by atoms with Crippen LogP contribution in [0.1, 0.15) is 55.4 Å². The van der Waals surface area contributed by atoms with Crippen LogP contribution in [-0.4, -0.2) is 36.8 Å². The minimum absolute atomic E-state index is 0.0528. The SMILES string of the molecule is C=C(C)/C=C(\C=C(/C)NC(=O)C1CCC1)c1ccc2[nH]nc(-c3cc4c(-c5ccc(C(C)=O)s5)ccnc4[nH]3)c2n1. The number of rotatable bonds is 8. The summed E-state index contributed by atoms with van der Waals surface area (Å²) in [6, 6.07) is 11.7. The van der Waals surface area contributed by atoms with Gasteiger partial charge < -0.3 is 10.3 Å². The molecule has 0 unspecified atom stereocenters. The zero-order chi connectivity index (χ0) is 28.7. The van der Waals surface area contributed by atoms with Crippen LogP contribution in [0.2, 0.25) is 0 Å². The monoisotopic (exact) mass is 562 g/mol. The molecule has 1 aliphatic rings. The van der Waals surface area contributed by atoms with E-state index in [2.05, 4.69) is 32.1 Å². The number of H-pyrrole nitrogens is 2. The maximum atomic E-state index is 12.5. The Morgan fingerprint density at radius 1 is 1.10 bits per heavy atom. The average molecular weight is 563 g/mol. The lowest BCUT2D eigenvalue weighted by Gasteiger charge is -2.24. The van der Waals surface area contributed by atoms with Crippen LogP contribution >= 0.6 is 11.3 Å². The van der Waals surface area contributed by atoms with Crippen LogP contribution in [0.4, 0.5) is 0 Å². The first-order valence-corrected chi connectivity index (χ1v) is 14.4. The molecule has 0 aliphatic heterocycles. The normalized spacial score (nSPS) is 14.4. The number of allylic oxidation sites excluding steroid dienone is 5. The van der Waals surface area contributed by atoms with Crippen molar-refractivity contribution in [2.24, 2.45) is 5.92 Å². The van der Waals surface area contributed by atoms with E-state index in [0.717, 1.165) is 79.4 Å². The quantitative estimate of drug-likeness (QED) is 0.136. The van der Waals surface area contributed by atoms with Crippen molar-refractivity contribution < 1.29 is 9.59 Å². The third kappa shape index (κ3) is 5.28. The van der Waals surface area contributed by atoms with Crippen molar-refractivity contribution in [3.8, 4) is 21.8 Å². The molecular weight excluding hydrogens is 532 g/mol. The fourth-order valence-electron chi connectivity index (χ4n) is 4.98. The number of amides is 1. The predicted octanol–water partition coefficient (Wildman–Crippen LogP) is 7.21. The van der Waals surface area contributed by atoms with Gasteiger partial charge in [0, 0.05) is 39.2 Å². The molecule has 9 heteroatoms. The molecule has 0 aromatic carbocycles. The average Bonchev–Trinajstić information content (AvgIpc) is 3.64. The number of thiophene rings is 1. The van der Waals surface area contributed by atoms with Gasteiger partial charge in [-0.05, 0) is 76.1 Å². The number of fused-ring (bicyclic) bond motifs is 2. The van der Waals surface area contributed by atoms with Crippen LogP contribution in [-0.2, 0) is 4.79 Å². The Labute approximate surface area is 241 Å². The van der Waals surface area contributed by atoms with E-state index < -0.39 is 0 Å². The van der Waals surface area contributed by atoms with Gasteiger partial charge in [0.2, 0.25) is 5.91 Å². The van der Waals surface area contributed by atoms with Gasteiger partial charge in [0.15, 0.2) is 5.78 Å². The summed E-state index contributed by atoms with van der Waals surface area (Å²) in [6.07, 6.45) is 8.68. The van der Waals surface area contributed by atoms with E-state index in [4.69, 9.17) is 4.98 Å². The highest BCUT2D eigenvalue weighted by Crippen LogP contribution is 2.36. The van der Waals surface area contributed by atoms with E-state index in [1.807, 2.05) is 62.4 Å². The maximum absolute atomic E-state index is 12.5. The van der Waals surface area contributed by atoms with Crippen molar-refractivity contribution in [2.45, 2.75) is 40.0 Å². The van der Waals surface area contributed by atoms with Gasteiger partial charge in [0.05, 0.1) is 21.8 Å². The molecule has 0 spiro atoms. The first kappa shape index (κ1) is 26.6. The third-order valence-corrected chi connectivity index (χ3v) is 8.50. The second-order valence-corrected chi connectivity index (χ2v) is 11.7. The second-order valence-electron chi connectivity index (χ2n) is 10.6. The van der Waals surface area contributed by atoms with Gasteiger partial charge in [-0.3, -0.25) is 14.7 Å². The van der Waals surface area contributed by atoms with Crippen molar-refractivity contribution >= 4 is 50.7 Å². The zero-order valence-corrected chi connectivity index (χ0v) is 24.0. The first-order chi connectivity index (χ1) is 19.8. The number of hydrogen-bond acceptors (Lipinski definition) is 6. The molecule has 0 radical (unpaired) electrons. The molecule has 6 rings (SSSR count). The summed E-state index contributed by atoms with van der Waals surface area (Å²) >= 11 is 1.47. The predicted molar refractivity (Wildman–Crippen MR) is 164 cm³/mol.